The Kier molecular flexibility index (Phi) is 4.05. The Labute approximate surface area is 124 Å². The summed E-state index contributed by atoms with van der Waals surface area (Å²) >= 11 is 0. The molecule has 0 aliphatic carbocycles. The minimum absolute atomic E-state index is 0.698. The lowest BCUT2D eigenvalue weighted by Crippen LogP contribution is -2.30. The highest BCUT2D eigenvalue weighted by molar-refractivity contribution is 6.01. The van der Waals surface area contributed by atoms with Crippen LogP contribution in [0.5, 0.6) is 17.2 Å². The first-order valence-corrected chi connectivity index (χ1v) is 7.07. The number of nitrogens with zero attached hydrogens (tertiary/aromatic N) is 1. The van der Waals surface area contributed by atoms with Crippen molar-refractivity contribution < 1.29 is 9.47 Å². The summed E-state index contributed by atoms with van der Waals surface area (Å²) in [6.45, 7) is 1.80. The van der Waals surface area contributed by atoms with Gasteiger partial charge in [0.15, 0.2) is 11.5 Å². The third kappa shape index (κ3) is 2.99. The van der Waals surface area contributed by atoms with E-state index in [9.17, 15) is 0 Å². The highest BCUT2D eigenvalue weighted by Crippen LogP contribution is 2.32. The van der Waals surface area contributed by atoms with Crippen molar-refractivity contribution in [2.24, 2.45) is 4.99 Å². The van der Waals surface area contributed by atoms with E-state index >= 15 is 0 Å². The van der Waals surface area contributed by atoms with Gasteiger partial charge in [0.1, 0.15) is 11.6 Å². The Hall–Kier alpha value is -2.49. The highest BCUT2D eigenvalue weighted by Gasteiger charge is 2.14. The van der Waals surface area contributed by atoms with Crippen LogP contribution in [0.3, 0.4) is 0 Å². The van der Waals surface area contributed by atoms with Crippen LogP contribution in [0.2, 0.25) is 0 Å². The normalized spacial score (nSPS) is 14.0. The molecule has 2 aromatic rings. The van der Waals surface area contributed by atoms with Crippen LogP contribution in [0.1, 0.15) is 12.0 Å². The smallest absolute Gasteiger partial charge is 0.169 e. The molecule has 0 amide bonds. The monoisotopic (exact) mass is 282 g/mol. The van der Waals surface area contributed by atoms with Crippen LogP contribution in [0.25, 0.3) is 0 Å². The van der Waals surface area contributed by atoms with Crippen molar-refractivity contribution >= 4 is 5.84 Å². The first-order chi connectivity index (χ1) is 10.4. The third-order valence-electron chi connectivity index (χ3n) is 3.33. The molecule has 4 heteroatoms. The van der Waals surface area contributed by atoms with Crippen LogP contribution >= 0.6 is 0 Å². The number of nitrogens with one attached hydrogen (secondary N) is 1. The summed E-state index contributed by atoms with van der Waals surface area (Å²) in [5, 5.41) is 3.33. The molecule has 0 aromatic heterocycles. The zero-order valence-corrected chi connectivity index (χ0v) is 12.0. The number of benzene rings is 2. The van der Waals surface area contributed by atoms with Gasteiger partial charge in [0.25, 0.3) is 0 Å². The molecule has 0 atom stereocenters. The molecule has 0 saturated carbocycles. The van der Waals surface area contributed by atoms with Gasteiger partial charge in [0.2, 0.25) is 0 Å². The molecule has 108 valence electrons. The van der Waals surface area contributed by atoms with E-state index in [0.29, 0.717) is 11.5 Å². The number of methoxy groups -OCH3 is 1. The number of hydrogen-bond donors (Lipinski definition) is 1. The van der Waals surface area contributed by atoms with Crippen molar-refractivity contribution in [3.8, 4) is 17.2 Å². The summed E-state index contributed by atoms with van der Waals surface area (Å²) in [4.78, 5) is 4.54. The van der Waals surface area contributed by atoms with Crippen LogP contribution in [0.4, 0.5) is 0 Å². The number of aliphatic imine (C=N–C) groups is 1. The van der Waals surface area contributed by atoms with E-state index < -0.39 is 0 Å². The predicted octanol–water partition coefficient (Wildman–Crippen LogP) is 3.23. The Morgan fingerprint density at radius 1 is 0.952 bits per heavy atom. The fraction of sp³-hybridized carbons (Fsp3) is 0.235. The summed E-state index contributed by atoms with van der Waals surface area (Å²) in [6, 6.07) is 15.5. The summed E-state index contributed by atoms with van der Waals surface area (Å²) in [5.41, 5.74) is 0.975. The molecule has 0 spiro atoms. The summed E-state index contributed by atoms with van der Waals surface area (Å²) < 4.78 is 11.4. The fourth-order valence-electron chi connectivity index (χ4n) is 2.29. The van der Waals surface area contributed by atoms with Gasteiger partial charge in [-0.15, -0.1) is 0 Å². The number of hydrogen-bond acceptors (Lipinski definition) is 4. The van der Waals surface area contributed by atoms with Crippen molar-refractivity contribution in [2.45, 2.75) is 6.42 Å². The van der Waals surface area contributed by atoms with Crippen LogP contribution in [-0.2, 0) is 0 Å². The fourth-order valence-corrected chi connectivity index (χ4v) is 2.29. The number of rotatable bonds is 4. The molecule has 1 N–H and O–H groups in total. The molecule has 2 aromatic carbocycles. The molecule has 1 aliphatic heterocycles. The van der Waals surface area contributed by atoms with Gasteiger partial charge in [-0.2, -0.15) is 0 Å². The van der Waals surface area contributed by atoms with Crippen LogP contribution in [0.15, 0.2) is 53.5 Å². The summed E-state index contributed by atoms with van der Waals surface area (Å²) in [5.74, 6) is 3.08. The molecule has 0 unspecified atom stereocenters. The molecule has 4 nitrogen and oxygen atoms in total. The van der Waals surface area contributed by atoms with Gasteiger partial charge >= 0.3 is 0 Å². The van der Waals surface area contributed by atoms with Gasteiger partial charge < -0.3 is 14.8 Å². The second-order valence-electron chi connectivity index (χ2n) is 4.76. The van der Waals surface area contributed by atoms with Crippen molar-refractivity contribution in [2.75, 3.05) is 20.2 Å². The standard InChI is InChI=1S/C17H18N2O2/c1-20-15-9-4-5-10-16(15)21-14-8-3-2-7-13(14)17-18-11-6-12-19-17/h2-5,7-10H,6,11-12H2,1H3,(H,18,19). The van der Waals surface area contributed by atoms with E-state index in [0.717, 1.165) is 36.7 Å². The average molecular weight is 282 g/mol. The second-order valence-corrected chi connectivity index (χ2v) is 4.76. The van der Waals surface area contributed by atoms with Crippen LogP contribution in [-0.4, -0.2) is 26.0 Å². The Morgan fingerprint density at radius 3 is 2.38 bits per heavy atom. The maximum absolute atomic E-state index is 6.04. The minimum atomic E-state index is 0.698. The average Bonchev–Trinajstić information content (AvgIpc) is 2.57. The van der Waals surface area contributed by atoms with Crippen molar-refractivity contribution in [1.29, 1.82) is 0 Å². The van der Waals surface area contributed by atoms with Crippen molar-refractivity contribution in [1.82, 2.24) is 5.32 Å². The van der Waals surface area contributed by atoms with Gasteiger partial charge in [0, 0.05) is 13.1 Å². The maximum atomic E-state index is 6.04. The van der Waals surface area contributed by atoms with Crippen molar-refractivity contribution in [3.63, 3.8) is 0 Å². The second kappa shape index (κ2) is 6.31. The minimum Gasteiger partial charge on any atom is -0.493 e. The summed E-state index contributed by atoms with van der Waals surface area (Å²) in [6.07, 6.45) is 1.07. The molecule has 0 fully saturated rings. The highest BCUT2D eigenvalue weighted by atomic mass is 16.5. The topological polar surface area (TPSA) is 42.9 Å². The zero-order valence-electron chi connectivity index (χ0n) is 12.0. The molecular formula is C17H18N2O2. The molecule has 1 aliphatic rings. The Morgan fingerprint density at radius 2 is 1.67 bits per heavy atom. The van der Waals surface area contributed by atoms with E-state index in [2.05, 4.69) is 10.3 Å². The summed E-state index contributed by atoms with van der Waals surface area (Å²) in [7, 11) is 1.64. The van der Waals surface area contributed by atoms with E-state index in [1.807, 2.05) is 48.5 Å². The van der Waals surface area contributed by atoms with Gasteiger partial charge in [0.05, 0.1) is 12.7 Å². The van der Waals surface area contributed by atoms with Crippen molar-refractivity contribution in [3.05, 3.63) is 54.1 Å². The van der Waals surface area contributed by atoms with Gasteiger partial charge in [-0.1, -0.05) is 24.3 Å². The Balaban J connectivity index is 1.94. The van der Waals surface area contributed by atoms with E-state index in [1.165, 1.54) is 0 Å². The SMILES string of the molecule is COc1ccccc1Oc1ccccc1C1=NCCCN1. The molecular weight excluding hydrogens is 264 g/mol. The van der Waals surface area contributed by atoms with E-state index in [1.54, 1.807) is 7.11 Å². The lowest BCUT2D eigenvalue weighted by molar-refractivity contribution is 0.378. The number of para-hydroxylation sites is 3. The van der Waals surface area contributed by atoms with Crippen LogP contribution < -0.4 is 14.8 Å². The molecule has 3 rings (SSSR count). The maximum Gasteiger partial charge on any atom is 0.169 e. The third-order valence-corrected chi connectivity index (χ3v) is 3.33. The van der Waals surface area contributed by atoms with Crippen LogP contribution in [0, 0.1) is 0 Å². The Bertz CT molecular complexity index is 653. The number of ether oxygens (including phenoxy) is 2. The van der Waals surface area contributed by atoms with E-state index in [-0.39, 0.29) is 0 Å². The zero-order chi connectivity index (χ0) is 14.5. The largest absolute Gasteiger partial charge is 0.493 e. The quantitative estimate of drug-likeness (QED) is 0.936. The first kappa shape index (κ1) is 13.5. The van der Waals surface area contributed by atoms with E-state index in [4.69, 9.17) is 9.47 Å². The lowest BCUT2D eigenvalue weighted by Gasteiger charge is -2.18. The first-order valence-electron chi connectivity index (χ1n) is 7.07. The molecule has 1 heterocycles. The molecule has 0 bridgehead atoms. The molecule has 21 heavy (non-hydrogen) atoms. The predicted molar refractivity (Wildman–Crippen MR) is 83.5 cm³/mol. The molecule has 0 radical (unpaired) electrons. The number of amidine groups is 1. The van der Waals surface area contributed by atoms with Gasteiger partial charge in [-0.25, -0.2) is 0 Å². The van der Waals surface area contributed by atoms with Gasteiger partial charge in [-0.3, -0.25) is 4.99 Å². The lowest BCUT2D eigenvalue weighted by atomic mass is 10.1. The molecule has 0 saturated heterocycles. The van der Waals surface area contributed by atoms with Gasteiger partial charge in [-0.05, 0) is 30.7 Å².